The topological polar surface area (TPSA) is 55.9 Å². The van der Waals surface area contributed by atoms with E-state index in [1.165, 1.54) is 0 Å². The van der Waals surface area contributed by atoms with E-state index in [0.717, 1.165) is 65.0 Å². The summed E-state index contributed by atoms with van der Waals surface area (Å²) >= 11 is 0. The van der Waals surface area contributed by atoms with Gasteiger partial charge in [-0.1, -0.05) is 13.3 Å². The number of piperazine rings is 1. The third-order valence-electron chi connectivity index (χ3n) is 4.50. The molecule has 21 heavy (non-hydrogen) atoms. The van der Waals surface area contributed by atoms with Crippen molar-refractivity contribution >= 4 is 10.2 Å². The standard InChI is InChI=1S/C14H30N4O2S/c1-2-16-11-13-17(14-12-16)8-6-7-15-21(19,20)18-9-4-3-5-10-18/h15H,2-14H2,1H3. The van der Waals surface area contributed by atoms with Crippen molar-refractivity contribution in [1.82, 2.24) is 18.8 Å². The van der Waals surface area contributed by atoms with E-state index < -0.39 is 10.2 Å². The molecule has 0 aromatic carbocycles. The fraction of sp³-hybridized carbons (Fsp3) is 1.00. The van der Waals surface area contributed by atoms with Crippen molar-refractivity contribution in [2.24, 2.45) is 0 Å². The Hall–Kier alpha value is -0.210. The van der Waals surface area contributed by atoms with Crippen LogP contribution in [0.15, 0.2) is 0 Å². The molecule has 0 aliphatic carbocycles. The molecule has 2 aliphatic rings. The first-order valence-corrected chi connectivity index (χ1v) is 9.75. The van der Waals surface area contributed by atoms with Crippen LogP contribution >= 0.6 is 0 Å². The molecule has 2 saturated heterocycles. The molecule has 7 heteroatoms. The molecule has 0 aromatic rings. The molecule has 0 unspecified atom stereocenters. The normalized spacial score (nSPS) is 23.5. The van der Waals surface area contributed by atoms with E-state index in [9.17, 15) is 8.42 Å². The lowest BCUT2D eigenvalue weighted by Gasteiger charge is -2.34. The molecule has 0 spiro atoms. The highest BCUT2D eigenvalue weighted by Crippen LogP contribution is 2.11. The van der Waals surface area contributed by atoms with E-state index in [1.54, 1.807) is 4.31 Å². The van der Waals surface area contributed by atoms with Gasteiger partial charge in [-0.25, -0.2) is 4.72 Å². The van der Waals surface area contributed by atoms with Crippen molar-refractivity contribution < 1.29 is 8.42 Å². The van der Waals surface area contributed by atoms with Gasteiger partial charge in [0.2, 0.25) is 0 Å². The lowest BCUT2D eigenvalue weighted by molar-refractivity contribution is 0.136. The average Bonchev–Trinajstić information content (AvgIpc) is 2.53. The molecule has 6 nitrogen and oxygen atoms in total. The number of rotatable bonds is 7. The zero-order valence-electron chi connectivity index (χ0n) is 13.3. The summed E-state index contributed by atoms with van der Waals surface area (Å²) in [6.07, 6.45) is 4.01. The van der Waals surface area contributed by atoms with Crippen LogP contribution in [0, 0.1) is 0 Å². The molecule has 2 heterocycles. The van der Waals surface area contributed by atoms with Crippen LogP contribution in [0.2, 0.25) is 0 Å². The van der Waals surface area contributed by atoms with Crippen LogP contribution in [0.4, 0.5) is 0 Å². The van der Waals surface area contributed by atoms with E-state index >= 15 is 0 Å². The molecule has 1 N–H and O–H groups in total. The average molecular weight is 318 g/mol. The van der Waals surface area contributed by atoms with Crippen molar-refractivity contribution in [3.05, 3.63) is 0 Å². The number of nitrogens with zero attached hydrogens (tertiary/aromatic N) is 3. The Labute approximate surface area is 129 Å². The Morgan fingerprint density at radius 1 is 0.905 bits per heavy atom. The fourth-order valence-corrected chi connectivity index (χ4v) is 4.35. The summed E-state index contributed by atoms with van der Waals surface area (Å²) in [4.78, 5) is 4.89. The van der Waals surface area contributed by atoms with Crippen LogP contribution in [0.1, 0.15) is 32.6 Å². The fourth-order valence-electron chi connectivity index (χ4n) is 3.03. The summed E-state index contributed by atoms with van der Waals surface area (Å²) in [5, 5.41) is 0. The number of piperidine rings is 1. The number of nitrogens with one attached hydrogen (secondary N) is 1. The van der Waals surface area contributed by atoms with Crippen LogP contribution in [0.3, 0.4) is 0 Å². The van der Waals surface area contributed by atoms with Crippen molar-refractivity contribution in [2.45, 2.75) is 32.6 Å². The van der Waals surface area contributed by atoms with Crippen LogP contribution in [0.25, 0.3) is 0 Å². The Morgan fingerprint density at radius 3 is 2.14 bits per heavy atom. The predicted octanol–water partition coefficient (Wildman–Crippen LogP) is 0.334. The molecule has 2 rings (SSSR count). The Bertz CT molecular complexity index is 388. The summed E-state index contributed by atoms with van der Waals surface area (Å²) in [6.45, 7) is 10.7. The summed E-state index contributed by atoms with van der Waals surface area (Å²) in [5.41, 5.74) is 0. The molecular weight excluding hydrogens is 288 g/mol. The highest BCUT2D eigenvalue weighted by Gasteiger charge is 2.23. The smallest absolute Gasteiger partial charge is 0.279 e. The maximum absolute atomic E-state index is 12.1. The Balaban J connectivity index is 1.61. The van der Waals surface area contributed by atoms with Gasteiger partial charge in [0.25, 0.3) is 10.2 Å². The number of hydrogen-bond donors (Lipinski definition) is 1. The monoisotopic (exact) mass is 318 g/mol. The summed E-state index contributed by atoms with van der Waals surface area (Å²) < 4.78 is 28.6. The molecule has 0 bridgehead atoms. The van der Waals surface area contributed by atoms with Gasteiger partial charge in [0.05, 0.1) is 0 Å². The first-order valence-electron chi connectivity index (χ1n) is 8.31. The Kier molecular flexibility index (Phi) is 6.88. The largest absolute Gasteiger partial charge is 0.301 e. The minimum Gasteiger partial charge on any atom is -0.301 e. The zero-order chi connectivity index (χ0) is 15.1. The quantitative estimate of drug-likeness (QED) is 0.688. The van der Waals surface area contributed by atoms with Gasteiger partial charge in [-0.05, 0) is 32.4 Å². The van der Waals surface area contributed by atoms with E-state index in [1.807, 2.05) is 0 Å². The Morgan fingerprint density at radius 2 is 1.52 bits per heavy atom. The molecule has 0 aromatic heterocycles. The van der Waals surface area contributed by atoms with Gasteiger partial charge in [0.15, 0.2) is 0 Å². The lowest BCUT2D eigenvalue weighted by Crippen LogP contribution is -2.47. The minimum atomic E-state index is -3.24. The maximum Gasteiger partial charge on any atom is 0.279 e. The van der Waals surface area contributed by atoms with Crippen LogP contribution in [-0.4, -0.2) is 81.4 Å². The molecule has 124 valence electrons. The molecule has 2 aliphatic heterocycles. The van der Waals surface area contributed by atoms with Crippen LogP contribution in [0.5, 0.6) is 0 Å². The second-order valence-electron chi connectivity index (χ2n) is 5.99. The van der Waals surface area contributed by atoms with Crippen LogP contribution < -0.4 is 4.72 Å². The van der Waals surface area contributed by atoms with Crippen molar-refractivity contribution in [2.75, 3.05) is 58.9 Å². The van der Waals surface area contributed by atoms with Crippen molar-refractivity contribution in [3.63, 3.8) is 0 Å². The first-order chi connectivity index (χ1) is 10.1. The highest BCUT2D eigenvalue weighted by atomic mass is 32.2. The van der Waals surface area contributed by atoms with E-state index in [0.29, 0.717) is 19.6 Å². The third-order valence-corrected chi connectivity index (χ3v) is 6.12. The number of likely N-dealkylation sites (N-methyl/N-ethyl adjacent to an activating group) is 1. The molecule has 0 amide bonds. The van der Waals surface area contributed by atoms with Gasteiger partial charge in [-0.15, -0.1) is 0 Å². The zero-order valence-corrected chi connectivity index (χ0v) is 14.1. The second-order valence-corrected chi connectivity index (χ2v) is 7.74. The van der Waals surface area contributed by atoms with E-state index in [2.05, 4.69) is 21.4 Å². The van der Waals surface area contributed by atoms with Gasteiger partial charge >= 0.3 is 0 Å². The van der Waals surface area contributed by atoms with Gasteiger partial charge in [-0.2, -0.15) is 12.7 Å². The number of hydrogen-bond acceptors (Lipinski definition) is 4. The van der Waals surface area contributed by atoms with Gasteiger partial charge < -0.3 is 9.80 Å². The summed E-state index contributed by atoms with van der Waals surface area (Å²) in [5.74, 6) is 0. The van der Waals surface area contributed by atoms with E-state index in [-0.39, 0.29) is 0 Å². The van der Waals surface area contributed by atoms with E-state index in [4.69, 9.17) is 0 Å². The summed E-state index contributed by atoms with van der Waals surface area (Å²) in [7, 11) is -3.24. The lowest BCUT2D eigenvalue weighted by atomic mass is 10.2. The van der Waals surface area contributed by atoms with Gasteiger partial charge in [-0.3, -0.25) is 0 Å². The first kappa shape index (κ1) is 17.1. The SMILES string of the molecule is CCN1CCN(CCCNS(=O)(=O)N2CCCCC2)CC1. The molecule has 0 atom stereocenters. The minimum absolute atomic E-state index is 0.548. The molecular formula is C14H30N4O2S. The third kappa shape index (κ3) is 5.49. The molecule has 2 fully saturated rings. The van der Waals surface area contributed by atoms with Crippen molar-refractivity contribution in [1.29, 1.82) is 0 Å². The summed E-state index contributed by atoms with van der Waals surface area (Å²) in [6, 6.07) is 0. The van der Waals surface area contributed by atoms with Crippen molar-refractivity contribution in [3.8, 4) is 0 Å². The maximum atomic E-state index is 12.1. The highest BCUT2D eigenvalue weighted by molar-refractivity contribution is 7.87. The molecule has 0 radical (unpaired) electrons. The second kappa shape index (κ2) is 8.43. The van der Waals surface area contributed by atoms with Crippen LogP contribution in [-0.2, 0) is 10.2 Å². The predicted molar refractivity (Wildman–Crippen MR) is 85.5 cm³/mol. The van der Waals surface area contributed by atoms with Gasteiger partial charge in [0, 0.05) is 45.8 Å². The molecule has 0 saturated carbocycles. The van der Waals surface area contributed by atoms with Gasteiger partial charge in [0.1, 0.15) is 0 Å².